The van der Waals surface area contributed by atoms with E-state index in [0.29, 0.717) is 22.2 Å². The third kappa shape index (κ3) is 5.47. The van der Waals surface area contributed by atoms with Gasteiger partial charge in [0.2, 0.25) is 15.9 Å². The summed E-state index contributed by atoms with van der Waals surface area (Å²) in [4.78, 5) is 12.5. The molecule has 34 heavy (non-hydrogen) atoms. The number of para-hydroxylation sites is 1. The SMILES string of the molecule is NS(=O)(=O)c1ccc(NC(=O)CSc2nnc(-c3cc(Br)ccc3O)n2-c2ccccc2)cc1. The van der Waals surface area contributed by atoms with Crippen molar-refractivity contribution in [1.82, 2.24) is 14.8 Å². The summed E-state index contributed by atoms with van der Waals surface area (Å²) in [5.41, 5.74) is 1.68. The number of aromatic hydroxyl groups is 1. The van der Waals surface area contributed by atoms with Crippen molar-refractivity contribution in [3.63, 3.8) is 0 Å². The number of sulfonamides is 1. The second-order valence-corrected chi connectivity index (χ2v) is 10.5. The van der Waals surface area contributed by atoms with Crippen molar-refractivity contribution in [3.8, 4) is 22.8 Å². The molecule has 0 aliphatic carbocycles. The Morgan fingerprint density at radius 2 is 1.76 bits per heavy atom. The standard InChI is InChI=1S/C22H18BrN5O4S2/c23-14-6-11-19(29)18(12-14)21-26-27-22(28(21)16-4-2-1-3-5-16)33-13-20(30)25-15-7-9-17(10-8-15)34(24,31)32/h1-12,29H,13H2,(H,25,30)(H2,24,31,32). The number of primary sulfonamides is 1. The lowest BCUT2D eigenvalue weighted by Gasteiger charge is -2.11. The fourth-order valence-electron chi connectivity index (χ4n) is 3.09. The number of benzene rings is 3. The van der Waals surface area contributed by atoms with Crippen LogP contribution in [0.3, 0.4) is 0 Å². The number of nitrogens with two attached hydrogens (primary N) is 1. The summed E-state index contributed by atoms with van der Waals surface area (Å²) in [6.07, 6.45) is 0. The van der Waals surface area contributed by atoms with Crippen LogP contribution in [0, 0.1) is 0 Å². The molecular formula is C22H18BrN5O4S2. The van der Waals surface area contributed by atoms with Crippen molar-refractivity contribution in [2.24, 2.45) is 5.14 Å². The average Bonchev–Trinajstić information content (AvgIpc) is 3.23. The molecule has 0 fully saturated rings. The molecule has 4 N–H and O–H groups in total. The Labute approximate surface area is 208 Å². The second-order valence-electron chi connectivity index (χ2n) is 7.04. The fourth-order valence-corrected chi connectivity index (χ4v) is 4.72. The molecule has 9 nitrogen and oxygen atoms in total. The highest BCUT2D eigenvalue weighted by atomic mass is 79.9. The summed E-state index contributed by atoms with van der Waals surface area (Å²) in [6.45, 7) is 0. The number of nitrogens with zero attached hydrogens (tertiary/aromatic N) is 3. The molecule has 1 amide bonds. The molecule has 0 aliphatic rings. The van der Waals surface area contributed by atoms with Crippen LogP contribution in [-0.2, 0) is 14.8 Å². The van der Waals surface area contributed by atoms with Crippen LogP contribution in [0.5, 0.6) is 5.75 Å². The zero-order valence-electron chi connectivity index (χ0n) is 17.4. The molecule has 0 aliphatic heterocycles. The number of hydrogen-bond acceptors (Lipinski definition) is 7. The zero-order valence-corrected chi connectivity index (χ0v) is 20.6. The summed E-state index contributed by atoms with van der Waals surface area (Å²) in [6, 6.07) is 19.9. The van der Waals surface area contributed by atoms with Crippen LogP contribution in [0.4, 0.5) is 5.69 Å². The monoisotopic (exact) mass is 559 g/mol. The van der Waals surface area contributed by atoms with Gasteiger partial charge in [0.15, 0.2) is 11.0 Å². The Balaban J connectivity index is 1.57. The van der Waals surface area contributed by atoms with Crippen LogP contribution in [-0.4, -0.2) is 39.9 Å². The maximum atomic E-state index is 12.5. The van der Waals surface area contributed by atoms with Crippen LogP contribution in [0.25, 0.3) is 17.1 Å². The second kappa shape index (κ2) is 9.97. The summed E-state index contributed by atoms with van der Waals surface area (Å²) in [5.74, 6) is 0.172. The number of hydrogen-bond donors (Lipinski definition) is 3. The van der Waals surface area contributed by atoms with E-state index in [1.165, 1.54) is 36.0 Å². The number of nitrogens with one attached hydrogen (secondary N) is 1. The molecule has 1 aromatic heterocycles. The molecule has 0 atom stereocenters. The van der Waals surface area contributed by atoms with Crippen molar-refractivity contribution < 1.29 is 18.3 Å². The predicted molar refractivity (Wildman–Crippen MR) is 133 cm³/mol. The first-order valence-corrected chi connectivity index (χ1v) is 13.1. The molecule has 3 aromatic carbocycles. The molecule has 0 bridgehead atoms. The van der Waals surface area contributed by atoms with Gasteiger partial charge in [0.05, 0.1) is 16.2 Å². The number of aromatic nitrogens is 3. The van der Waals surface area contributed by atoms with E-state index in [1.54, 1.807) is 22.8 Å². The number of amides is 1. The van der Waals surface area contributed by atoms with Crippen LogP contribution >= 0.6 is 27.7 Å². The predicted octanol–water partition coefficient (Wildman–Crippen LogP) is 3.78. The van der Waals surface area contributed by atoms with Gasteiger partial charge in [-0.2, -0.15) is 0 Å². The highest BCUT2D eigenvalue weighted by Gasteiger charge is 2.20. The molecule has 0 saturated carbocycles. The van der Waals surface area contributed by atoms with Gasteiger partial charge >= 0.3 is 0 Å². The number of halogens is 1. The van der Waals surface area contributed by atoms with Crippen LogP contribution in [0.1, 0.15) is 0 Å². The topological polar surface area (TPSA) is 140 Å². The molecule has 4 aromatic rings. The largest absolute Gasteiger partial charge is 0.507 e. The van der Waals surface area contributed by atoms with Crippen molar-refractivity contribution in [2.75, 3.05) is 11.1 Å². The maximum Gasteiger partial charge on any atom is 0.238 e. The first-order chi connectivity index (χ1) is 16.2. The maximum absolute atomic E-state index is 12.5. The number of anilines is 1. The molecule has 0 saturated heterocycles. The Morgan fingerprint density at radius 3 is 2.44 bits per heavy atom. The lowest BCUT2D eigenvalue weighted by molar-refractivity contribution is -0.113. The van der Waals surface area contributed by atoms with E-state index in [1.807, 2.05) is 30.3 Å². The number of rotatable bonds is 7. The van der Waals surface area contributed by atoms with Crippen LogP contribution in [0.2, 0.25) is 0 Å². The van der Waals surface area contributed by atoms with E-state index < -0.39 is 10.0 Å². The fraction of sp³-hybridized carbons (Fsp3) is 0.0455. The van der Waals surface area contributed by atoms with Crippen LogP contribution < -0.4 is 10.5 Å². The smallest absolute Gasteiger partial charge is 0.238 e. The van der Waals surface area contributed by atoms with Gasteiger partial charge in [-0.25, -0.2) is 13.6 Å². The molecule has 12 heteroatoms. The van der Waals surface area contributed by atoms with E-state index in [9.17, 15) is 18.3 Å². The lowest BCUT2D eigenvalue weighted by Crippen LogP contribution is -2.15. The van der Waals surface area contributed by atoms with Crippen molar-refractivity contribution >= 4 is 49.3 Å². The van der Waals surface area contributed by atoms with Crippen molar-refractivity contribution in [3.05, 3.63) is 77.3 Å². The third-order valence-electron chi connectivity index (χ3n) is 4.65. The van der Waals surface area contributed by atoms with Gasteiger partial charge in [-0.05, 0) is 54.6 Å². The molecular weight excluding hydrogens is 542 g/mol. The summed E-state index contributed by atoms with van der Waals surface area (Å²) in [7, 11) is -3.81. The molecule has 0 spiro atoms. The molecule has 0 unspecified atom stereocenters. The minimum absolute atomic E-state index is 0.0202. The van der Waals surface area contributed by atoms with Crippen LogP contribution in [0.15, 0.2) is 87.3 Å². The first-order valence-electron chi connectivity index (χ1n) is 9.77. The Bertz CT molecular complexity index is 1440. The van der Waals surface area contributed by atoms with Gasteiger partial charge in [-0.3, -0.25) is 9.36 Å². The highest BCUT2D eigenvalue weighted by Crippen LogP contribution is 2.34. The zero-order chi connectivity index (χ0) is 24.3. The average molecular weight is 560 g/mol. The Kier molecular flexibility index (Phi) is 7.03. The third-order valence-corrected chi connectivity index (χ3v) is 7.00. The summed E-state index contributed by atoms with van der Waals surface area (Å²) in [5, 5.41) is 27.2. The van der Waals surface area contributed by atoms with Crippen molar-refractivity contribution in [2.45, 2.75) is 10.1 Å². The van der Waals surface area contributed by atoms with Gasteiger partial charge in [0.1, 0.15) is 5.75 Å². The Hall–Kier alpha value is -3.19. The highest BCUT2D eigenvalue weighted by molar-refractivity contribution is 9.10. The Morgan fingerprint density at radius 1 is 1.06 bits per heavy atom. The summed E-state index contributed by atoms with van der Waals surface area (Å²) < 4.78 is 25.3. The van der Waals surface area contributed by atoms with Gasteiger partial charge in [-0.1, -0.05) is 45.9 Å². The van der Waals surface area contributed by atoms with Gasteiger partial charge in [-0.15, -0.1) is 10.2 Å². The number of thioether (sulfide) groups is 1. The van der Waals surface area contributed by atoms with E-state index >= 15 is 0 Å². The van der Waals surface area contributed by atoms with E-state index in [0.717, 1.165) is 10.2 Å². The molecule has 0 radical (unpaired) electrons. The van der Waals surface area contributed by atoms with Gasteiger partial charge in [0.25, 0.3) is 0 Å². The minimum atomic E-state index is -3.81. The minimum Gasteiger partial charge on any atom is -0.507 e. The summed E-state index contributed by atoms with van der Waals surface area (Å²) >= 11 is 4.58. The van der Waals surface area contributed by atoms with Gasteiger partial charge in [0, 0.05) is 15.8 Å². The van der Waals surface area contributed by atoms with E-state index in [-0.39, 0.29) is 22.3 Å². The number of phenols is 1. The van der Waals surface area contributed by atoms with E-state index in [2.05, 4.69) is 31.4 Å². The number of carbonyl (C=O) groups is 1. The molecule has 4 rings (SSSR count). The quantitative estimate of drug-likeness (QED) is 0.292. The molecule has 174 valence electrons. The number of phenolic OH excluding ortho intramolecular Hbond substituents is 1. The molecule has 1 heterocycles. The first kappa shape index (κ1) is 24.0. The van der Waals surface area contributed by atoms with E-state index in [4.69, 9.17) is 5.14 Å². The lowest BCUT2D eigenvalue weighted by atomic mass is 10.2. The van der Waals surface area contributed by atoms with Gasteiger partial charge < -0.3 is 10.4 Å². The normalized spacial score (nSPS) is 11.4. The van der Waals surface area contributed by atoms with Crippen molar-refractivity contribution in [1.29, 1.82) is 0 Å². The number of carbonyl (C=O) groups excluding carboxylic acids is 1.